The third-order valence-corrected chi connectivity index (χ3v) is 2.77. The van der Waals surface area contributed by atoms with Crippen molar-refractivity contribution < 1.29 is 14.3 Å². The van der Waals surface area contributed by atoms with Gasteiger partial charge in [0.05, 0.1) is 6.61 Å². The molecule has 1 aromatic carbocycles. The van der Waals surface area contributed by atoms with Gasteiger partial charge < -0.3 is 9.47 Å². The Morgan fingerprint density at radius 1 is 1.32 bits per heavy atom. The number of halogens is 1. The van der Waals surface area contributed by atoms with Crippen LogP contribution in [-0.4, -0.2) is 17.6 Å². The Balaban J connectivity index is 2.27. The van der Waals surface area contributed by atoms with Gasteiger partial charge in [0, 0.05) is 10.7 Å². The maximum Gasteiger partial charge on any atom is 0.343 e. The van der Waals surface area contributed by atoms with Crippen LogP contribution in [0.15, 0.2) is 47.1 Å². The number of carbonyl (C=O) groups is 1. The monoisotopic (exact) mass is 321 g/mol. The van der Waals surface area contributed by atoms with Gasteiger partial charge in [-0.25, -0.2) is 9.78 Å². The van der Waals surface area contributed by atoms with E-state index in [1.165, 1.54) is 0 Å². The summed E-state index contributed by atoms with van der Waals surface area (Å²) in [5, 5.41) is 0. The molecule has 1 aromatic heterocycles. The van der Waals surface area contributed by atoms with Crippen LogP contribution in [0.5, 0.6) is 11.6 Å². The molecule has 0 fully saturated rings. The zero-order valence-electron chi connectivity index (χ0n) is 10.3. The average Bonchev–Trinajstić information content (AvgIpc) is 2.39. The summed E-state index contributed by atoms with van der Waals surface area (Å²) in [4.78, 5) is 15.8. The Labute approximate surface area is 119 Å². The fourth-order valence-corrected chi connectivity index (χ4v) is 1.86. The van der Waals surface area contributed by atoms with Crippen LogP contribution in [0.1, 0.15) is 17.3 Å². The number of esters is 1. The zero-order chi connectivity index (χ0) is 13.7. The van der Waals surface area contributed by atoms with Gasteiger partial charge in [-0.2, -0.15) is 0 Å². The second-order valence-corrected chi connectivity index (χ2v) is 4.55. The number of hydrogen-bond acceptors (Lipinski definition) is 4. The molecule has 98 valence electrons. The van der Waals surface area contributed by atoms with Crippen LogP contribution < -0.4 is 4.74 Å². The minimum atomic E-state index is -0.444. The second-order valence-electron chi connectivity index (χ2n) is 3.64. The summed E-state index contributed by atoms with van der Waals surface area (Å²) in [6.45, 7) is 2.06. The Morgan fingerprint density at radius 3 is 2.89 bits per heavy atom. The van der Waals surface area contributed by atoms with E-state index in [0.717, 1.165) is 4.47 Å². The van der Waals surface area contributed by atoms with E-state index < -0.39 is 5.97 Å². The van der Waals surface area contributed by atoms with Crippen molar-refractivity contribution in [2.45, 2.75) is 6.92 Å². The molecule has 0 N–H and O–H groups in total. The molecule has 0 radical (unpaired) electrons. The van der Waals surface area contributed by atoms with Crippen LogP contribution in [-0.2, 0) is 4.74 Å². The normalized spacial score (nSPS) is 10.0. The van der Waals surface area contributed by atoms with Gasteiger partial charge in [-0.1, -0.05) is 22.0 Å². The van der Waals surface area contributed by atoms with Crippen molar-refractivity contribution in [3.8, 4) is 11.6 Å². The van der Waals surface area contributed by atoms with Gasteiger partial charge in [-0.3, -0.25) is 0 Å². The zero-order valence-corrected chi connectivity index (χ0v) is 11.9. The molecule has 0 aliphatic heterocycles. The van der Waals surface area contributed by atoms with Crippen LogP contribution >= 0.6 is 15.9 Å². The summed E-state index contributed by atoms with van der Waals surface area (Å²) < 4.78 is 11.5. The number of ether oxygens (including phenoxy) is 2. The third-order valence-electron chi connectivity index (χ3n) is 2.28. The molecule has 4 nitrogen and oxygen atoms in total. The molecular weight excluding hydrogens is 310 g/mol. The van der Waals surface area contributed by atoms with Crippen molar-refractivity contribution in [3.63, 3.8) is 0 Å². The van der Waals surface area contributed by atoms with Gasteiger partial charge in [0.25, 0.3) is 0 Å². The van der Waals surface area contributed by atoms with Crippen molar-refractivity contribution in [1.82, 2.24) is 4.98 Å². The molecule has 0 aliphatic rings. The lowest BCUT2D eigenvalue weighted by molar-refractivity contribution is 0.0522. The summed E-state index contributed by atoms with van der Waals surface area (Å²) in [7, 11) is 0. The van der Waals surface area contributed by atoms with Crippen molar-refractivity contribution in [2.75, 3.05) is 6.61 Å². The Bertz CT molecular complexity index is 586. The highest BCUT2D eigenvalue weighted by atomic mass is 79.9. The summed E-state index contributed by atoms with van der Waals surface area (Å²) >= 11 is 3.36. The molecular formula is C14H12BrNO3. The maximum atomic E-state index is 11.8. The average molecular weight is 322 g/mol. The summed E-state index contributed by atoms with van der Waals surface area (Å²) in [5.74, 6) is 0.387. The van der Waals surface area contributed by atoms with E-state index in [9.17, 15) is 4.79 Å². The summed E-state index contributed by atoms with van der Waals surface area (Å²) in [5.41, 5.74) is 0.310. The maximum absolute atomic E-state index is 11.8. The molecule has 0 saturated heterocycles. The van der Waals surface area contributed by atoms with E-state index in [2.05, 4.69) is 20.9 Å². The Morgan fingerprint density at radius 2 is 2.16 bits per heavy atom. The highest BCUT2D eigenvalue weighted by molar-refractivity contribution is 9.10. The first-order valence-corrected chi connectivity index (χ1v) is 6.55. The molecule has 0 saturated carbocycles. The van der Waals surface area contributed by atoms with Gasteiger partial charge >= 0.3 is 5.97 Å². The van der Waals surface area contributed by atoms with E-state index >= 15 is 0 Å². The first-order valence-electron chi connectivity index (χ1n) is 5.76. The van der Waals surface area contributed by atoms with E-state index in [0.29, 0.717) is 17.9 Å². The smallest absolute Gasteiger partial charge is 0.343 e. The van der Waals surface area contributed by atoms with Gasteiger partial charge in [0.15, 0.2) is 0 Å². The molecule has 0 spiro atoms. The summed E-state index contributed by atoms with van der Waals surface area (Å²) in [6.07, 6.45) is 1.57. The lowest BCUT2D eigenvalue weighted by Crippen LogP contribution is -2.07. The van der Waals surface area contributed by atoms with Crippen molar-refractivity contribution >= 4 is 21.9 Å². The highest BCUT2D eigenvalue weighted by Crippen LogP contribution is 2.25. The Hall–Kier alpha value is -1.88. The fourth-order valence-electron chi connectivity index (χ4n) is 1.48. The van der Waals surface area contributed by atoms with Crippen LogP contribution in [0, 0.1) is 0 Å². The minimum Gasteiger partial charge on any atom is -0.462 e. The number of nitrogens with zero attached hydrogens (tertiary/aromatic N) is 1. The predicted octanol–water partition coefficient (Wildman–Crippen LogP) is 3.81. The first-order chi connectivity index (χ1) is 9.20. The minimum absolute atomic E-state index is 0.235. The van der Waals surface area contributed by atoms with E-state index in [1.54, 1.807) is 37.4 Å². The quantitative estimate of drug-likeness (QED) is 0.803. The molecule has 0 atom stereocenters. The molecule has 0 bridgehead atoms. The van der Waals surface area contributed by atoms with Crippen LogP contribution in [0.25, 0.3) is 0 Å². The molecule has 0 aliphatic carbocycles. The van der Waals surface area contributed by atoms with Crippen LogP contribution in [0.3, 0.4) is 0 Å². The van der Waals surface area contributed by atoms with Gasteiger partial charge in [-0.15, -0.1) is 0 Å². The van der Waals surface area contributed by atoms with Gasteiger partial charge in [-0.05, 0) is 37.3 Å². The number of carbonyl (C=O) groups excluding carboxylic acids is 1. The molecule has 0 amide bonds. The molecule has 1 heterocycles. The van der Waals surface area contributed by atoms with Crippen molar-refractivity contribution in [3.05, 3.63) is 52.6 Å². The highest BCUT2D eigenvalue weighted by Gasteiger charge is 2.15. The van der Waals surface area contributed by atoms with Gasteiger partial charge in [0.1, 0.15) is 11.3 Å². The largest absolute Gasteiger partial charge is 0.462 e. The predicted molar refractivity (Wildman–Crippen MR) is 74.4 cm³/mol. The molecule has 2 rings (SSSR count). The van der Waals surface area contributed by atoms with Crippen LogP contribution in [0.2, 0.25) is 0 Å². The standard InChI is InChI=1S/C14H12BrNO3/c1-2-18-14(17)12-7-4-8-16-13(12)19-11-6-3-5-10(15)9-11/h3-9H,2H2,1H3. The van der Waals surface area contributed by atoms with Crippen LogP contribution in [0.4, 0.5) is 0 Å². The molecule has 5 heteroatoms. The fraction of sp³-hybridized carbons (Fsp3) is 0.143. The lowest BCUT2D eigenvalue weighted by Gasteiger charge is -2.09. The number of pyridine rings is 1. The van der Waals surface area contributed by atoms with Gasteiger partial charge in [0.2, 0.25) is 5.88 Å². The molecule has 19 heavy (non-hydrogen) atoms. The number of hydrogen-bond donors (Lipinski definition) is 0. The molecule has 0 unspecified atom stereocenters. The number of benzene rings is 1. The second kappa shape index (κ2) is 6.33. The Kier molecular flexibility index (Phi) is 4.52. The number of aromatic nitrogens is 1. The SMILES string of the molecule is CCOC(=O)c1cccnc1Oc1cccc(Br)c1. The van der Waals surface area contributed by atoms with E-state index in [1.807, 2.05) is 12.1 Å². The molecule has 2 aromatic rings. The lowest BCUT2D eigenvalue weighted by atomic mass is 10.2. The van der Waals surface area contributed by atoms with E-state index in [-0.39, 0.29) is 5.88 Å². The topological polar surface area (TPSA) is 48.4 Å². The van der Waals surface area contributed by atoms with Crippen molar-refractivity contribution in [1.29, 1.82) is 0 Å². The third kappa shape index (κ3) is 3.54. The summed E-state index contributed by atoms with van der Waals surface area (Å²) in [6, 6.07) is 10.6. The van der Waals surface area contributed by atoms with E-state index in [4.69, 9.17) is 9.47 Å². The van der Waals surface area contributed by atoms with Crippen molar-refractivity contribution in [2.24, 2.45) is 0 Å². The first kappa shape index (κ1) is 13.5. The number of rotatable bonds is 4.